The molecule has 1 N–H and O–H groups in total. The highest BCUT2D eigenvalue weighted by atomic mass is 16.5. The van der Waals surface area contributed by atoms with Gasteiger partial charge in [0.05, 0.1) is 18.3 Å². The number of fused-ring (bicyclic) bond motifs is 5. The molecule has 0 aromatic rings. The molecule has 0 heterocycles. The van der Waals surface area contributed by atoms with Gasteiger partial charge in [-0.25, -0.2) is 0 Å². The highest BCUT2D eigenvalue weighted by Gasteiger charge is 2.58. The van der Waals surface area contributed by atoms with Gasteiger partial charge in [0.25, 0.3) is 0 Å². The van der Waals surface area contributed by atoms with Crippen molar-refractivity contribution in [1.82, 2.24) is 0 Å². The molecule has 150 valence electrons. The summed E-state index contributed by atoms with van der Waals surface area (Å²) in [6.45, 7) is 5.39. The summed E-state index contributed by atoms with van der Waals surface area (Å²) in [6.07, 6.45) is 11.8. The fourth-order valence-electron chi connectivity index (χ4n) is 8.34. The zero-order valence-electron chi connectivity index (χ0n) is 17.4. The lowest BCUT2D eigenvalue weighted by Gasteiger charge is -2.57. The van der Waals surface area contributed by atoms with Crippen molar-refractivity contribution in [2.45, 2.75) is 83.3 Å². The van der Waals surface area contributed by atoms with E-state index in [1.165, 1.54) is 44.9 Å². The molecule has 4 aliphatic carbocycles. The molecule has 0 radical (unpaired) electrons. The third-order valence-electron chi connectivity index (χ3n) is 9.53. The second kappa shape index (κ2) is 7.04. The quantitative estimate of drug-likeness (QED) is 0.788. The summed E-state index contributed by atoms with van der Waals surface area (Å²) < 4.78 is 11.1. The van der Waals surface area contributed by atoms with Crippen LogP contribution >= 0.6 is 0 Å². The van der Waals surface area contributed by atoms with E-state index in [1.807, 2.05) is 7.11 Å². The van der Waals surface area contributed by atoms with E-state index < -0.39 is 5.60 Å². The maximum atomic E-state index is 10.9. The molecule has 4 aliphatic rings. The first-order valence-corrected chi connectivity index (χ1v) is 11.2. The summed E-state index contributed by atoms with van der Waals surface area (Å²) in [6, 6.07) is 0. The Morgan fingerprint density at radius 1 is 0.962 bits per heavy atom. The maximum Gasteiger partial charge on any atom is 0.0882 e. The number of methoxy groups -OCH3 is 2. The van der Waals surface area contributed by atoms with Gasteiger partial charge in [0, 0.05) is 14.2 Å². The van der Waals surface area contributed by atoms with Gasteiger partial charge in [-0.2, -0.15) is 0 Å². The van der Waals surface area contributed by atoms with E-state index in [9.17, 15) is 5.11 Å². The minimum atomic E-state index is -0.557. The third-order valence-corrected chi connectivity index (χ3v) is 9.53. The van der Waals surface area contributed by atoms with Crippen LogP contribution in [-0.4, -0.2) is 37.6 Å². The van der Waals surface area contributed by atoms with Gasteiger partial charge < -0.3 is 14.6 Å². The van der Waals surface area contributed by atoms with Gasteiger partial charge in [0.15, 0.2) is 0 Å². The lowest BCUT2D eigenvalue weighted by Crippen LogP contribution is -2.52. The first-order chi connectivity index (χ1) is 12.4. The van der Waals surface area contributed by atoms with Crippen LogP contribution in [0.1, 0.15) is 71.6 Å². The molecule has 9 atom stereocenters. The zero-order chi connectivity index (χ0) is 18.5. The first kappa shape index (κ1) is 19.2. The zero-order valence-corrected chi connectivity index (χ0v) is 17.4. The summed E-state index contributed by atoms with van der Waals surface area (Å²) in [4.78, 5) is 0. The number of hydrogen-bond acceptors (Lipinski definition) is 3. The second-order valence-corrected chi connectivity index (χ2v) is 10.5. The Hall–Kier alpha value is -0.120. The fourth-order valence-corrected chi connectivity index (χ4v) is 8.34. The highest BCUT2D eigenvalue weighted by molar-refractivity contribution is 5.07. The lowest BCUT2D eigenvalue weighted by atomic mass is 9.49. The second-order valence-electron chi connectivity index (χ2n) is 10.5. The van der Waals surface area contributed by atoms with Crippen LogP contribution in [0.3, 0.4) is 0 Å². The average Bonchev–Trinajstić information content (AvgIpc) is 2.98. The summed E-state index contributed by atoms with van der Waals surface area (Å²) in [5, 5.41) is 10.9. The Labute approximate surface area is 160 Å². The van der Waals surface area contributed by atoms with Crippen LogP contribution in [0.4, 0.5) is 0 Å². The van der Waals surface area contributed by atoms with Gasteiger partial charge in [0.2, 0.25) is 0 Å². The fraction of sp³-hybridized carbons (Fsp3) is 1.00. The first-order valence-electron chi connectivity index (χ1n) is 11.2. The Kier molecular flexibility index (Phi) is 5.20. The molecule has 4 saturated carbocycles. The number of rotatable bonds is 4. The third kappa shape index (κ3) is 2.97. The molecule has 0 bridgehead atoms. The number of aliphatic hydroxyl groups is 1. The number of ether oxygens (including phenoxy) is 2. The largest absolute Gasteiger partial charge is 0.387 e. The van der Waals surface area contributed by atoms with Crippen LogP contribution in [0.25, 0.3) is 0 Å². The van der Waals surface area contributed by atoms with E-state index >= 15 is 0 Å². The molecule has 26 heavy (non-hydrogen) atoms. The predicted molar refractivity (Wildman–Crippen MR) is 104 cm³/mol. The molecular formula is C23H40O3. The molecule has 3 heteroatoms. The predicted octanol–water partition coefficient (Wildman–Crippen LogP) is 4.67. The van der Waals surface area contributed by atoms with Crippen LogP contribution in [0.5, 0.6) is 0 Å². The molecule has 4 fully saturated rings. The Morgan fingerprint density at radius 3 is 2.46 bits per heavy atom. The number of hydrogen-bond donors (Lipinski definition) is 1. The molecule has 3 unspecified atom stereocenters. The van der Waals surface area contributed by atoms with Crippen LogP contribution in [-0.2, 0) is 9.47 Å². The highest BCUT2D eigenvalue weighted by Crippen LogP contribution is 2.65. The maximum absolute atomic E-state index is 10.9. The standard InChI is InChI=1S/C23H40O3/c1-15(26-4)20-7-8-21-19-6-5-16-13-23(24,14-25-3)12-10-17(16)18(19)9-11-22(20,21)2/h15-21,24H,5-14H2,1-4H3/t15?,16?,17-,18+,19+,20?,21-,22+,23+/m0/s1. The smallest absolute Gasteiger partial charge is 0.0882 e. The summed E-state index contributed by atoms with van der Waals surface area (Å²) in [5.74, 6) is 5.08. The van der Waals surface area contributed by atoms with Crippen molar-refractivity contribution in [3.8, 4) is 0 Å². The van der Waals surface area contributed by atoms with E-state index in [0.717, 1.165) is 48.3 Å². The molecule has 0 saturated heterocycles. The van der Waals surface area contributed by atoms with Gasteiger partial charge in [-0.3, -0.25) is 0 Å². The van der Waals surface area contributed by atoms with Crippen LogP contribution in [0, 0.1) is 40.9 Å². The van der Waals surface area contributed by atoms with Crippen molar-refractivity contribution in [2.24, 2.45) is 40.9 Å². The van der Waals surface area contributed by atoms with E-state index in [2.05, 4.69) is 13.8 Å². The molecule has 4 rings (SSSR count). The van der Waals surface area contributed by atoms with Crippen LogP contribution in [0.15, 0.2) is 0 Å². The van der Waals surface area contributed by atoms with Gasteiger partial charge in [-0.1, -0.05) is 6.92 Å². The van der Waals surface area contributed by atoms with Crippen molar-refractivity contribution in [2.75, 3.05) is 20.8 Å². The SMILES string of the molecule is COC[C@@]1(O)CC[C@H]2C(CC[C@@H]3[C@@H]2CC[C@]2(C)C(C(C)OC)CC[C@@H]32)C1. The Balaban J connectivity index is 1.49. The minimum absolute atomic E-state index is 0.400. The normalized spacial score (nSPS) is 52.0. The summed E-state index contributed by atoms with van der Waals surface area (Å²) in [7, 11) is 3.61. The summed E-state index contributed by atoms with van der Waals surface area (Å²) >= 11 is 0. The van der Waals surface area contributed by atoms with Crippen molar-refractivity contribution in [1.29, 1.82) is 0 Å². The van der Waals surface area contributed by atoms with Gasteiger partial charge >= 0.3 is 0 Å². The van der Waals surface area contributed by atoms with Crippen molar-refractivity contribution < 1.29 is 14.6 Å². The molecule has 0 aromatic carbocycles. The van der Waals surface area contributed by atoms with E-state index in [0.29, 0.717) is 18.1 Å². The monoisotopic (exact) mass is 364 g/mol. The lowest BCUT2D eigenvalue weighted by molar-refractivity contribution is -0.128. The molecule has 3 nitrogen and oxygen atoms in total. The molecular weight excluding hydrogens is 324 g/mol. The van der Waals surface area contributed by atoms with Crippen molar-refractivity contribution >= 4 is 0 Å². The van der Waals surface area contributed by atoms with Crippen LogP contribution < -0.4 is 0 Å². The topological polar surface area (TPSA) is 38.7 Å². The van der Waals surface area contributed by atoms with Crippen molar-refractivity contribution in [3.05, 3.63) is 0 Å². The van der Waals surface area contributed by atoms with Gasteiger partial charge in [-0.15, -0.1) is 0 Å². The minimum Gasteiger partial charge on any atom is -0.387 e. The molecule has 0 spiro atoms. The van der Waals surface area contributed by atoms with E-state index in [4.69, 9.17) is 9.47 Å². The molecule has 0 aromatic heterocycles. The average molecular weight is 365 g/mol. The van der Waals surface area contributed by atoms with Gasteiger partial charge in [0.1, 0.15) is 0 Å². The van der Waals surface area contributed by atoms with Gasteiger partial charge in [-0.05, 0) is 106 Å². The molecule has 0 aliphatic heterocycles. The Morgan fingerprint density at radius 2 is 1.73 bits per heavy atom. The molecule has 0 amide bonds. The van der Waals surface area contributed by atoms with Crippen molar-refractivity contribution in [3.63, 3.8) is 0 Å². The van der Waals surface area contributed by atoms with E-state index in [-0.39, 0.29) is 0 Å². The summed E-state index contributed by atoms with van der Waals surface area (Å²) in [5.41, 5.74) is -0.0623. The Bertz CT molecular complexity index is 508. The van der Waals surface area contributed by atoms with Crippen LogP contribution in [0.2, 0.25) is 0 Å². The van der Waals surface area contributed by atoms with E-state index in [1.54, 1.807) is 7.11 Å².